The van der Waals surface area contributed by atoms with Gasteiger partial charge in [0.05, 0.1) is 0 Å². The van der Waals surface area contributed by atoms with Crippen LogP contribution < -0.4 is 5.73 Å². The number of rotatable bonds is 2. The molecule has 2 aromatic rings. The second-order valence-corrected chi connectivity index (χ2v) is 5.49. The smallest absolute Gasteiger partial charge is 0.0469 e. The third-order valence-electron chi connectivity index (χ3n) is 4.30. The SMILES string of the molecule is Cc1ccc2ccccc2c1C(N)C1CCOCC1. The average Bonchev–Trinajstić information content (AvgIpc) is 2.47. The molecule has 3 rings (SSSR count). The van der Waals surface area contributed by atoms with Crippen LogP contribution in [0.1, 0.15) is 30.0 Å². The molecule has 100 valence electrons. The maximum atomic E-state index is 6.58. The van der Waals surface area contributed by atoms with Crippen molar-refractivity contribution in [2.24, 2.45) is 11.7 Å². The predicted molar refractivity (Wildman–Crippen MR) is 79.2 cm³/mol. The van der Waals surface area contributed by atoms with Gasteiger partial charge in [0.2, 0.25) is 0 Å². The molecule has 0 aromatic heterocycles. The zero-order valence-corrected chi connectivity index (χ0v) is 11.4. The fourth-order valence-electron chi connectivity index (χ4n) is 3.16. The van der Waals surface area contributed by atoms with E-state index in [9.17, 15) is 0 Å². The molecule has 2 nitrogen and oxygen atoms in total. The summed E-state index contributed by atoms with van der Waals surface area (Å²) in [4.78, 5) is 0. The van der Waals surface area contributed by atoms with Gasteiger partial charge in [-0.25, -0.2) is 0 Å². The quantitative estimate of drug-likeness (QED) is 0.890. The lowest BCUT2D eigenvalue weighted by Gasteiger charge is -2.29. The Bertz CT molecular complexity index is 572. The molecule has 1 aliphatic rings. The number of ether oxygens (including phenoxy) is 1. The van der Waals surface area contributed by atoms with Gasteiger partial charge in [-0.15, -0.1) is 0 Å². The Balaban J connectivity index is 2.05. The molecule has 0 aliphatic carbocycles. The van der Waals surface area contributed by atoms with Gasteiger partial charge in [-0.1, -0.05) is 36.4 Å². The molecule has 1 aliphatic heterocycles. The first-order valence-corrected chi connectivity index (χ1v) is 7.09. The number of nitrogens with two attached hydrogens (primary N) is 1. The second-order valence-electron chi connectivity index (χ2n) is 5.49. The summed E-state index contributed by atoms with van der Waals surface area (Å²) in [5.41, 5.74) is 9.21. The topological polar surface area (TPSA) is 35.2 Å². The van der Waals surface area contributed by atoms with E-state index in [0.717, 1.165) is 26.1 Å². The van der Waals surface area contributed by atoms with E-state index < -0.39 is 0 Å². The van der Waals surface area contributed by atoms with Crippen molar-refractivity contribution in [1.82, 2.24) is 0 Å². The highest BCUT2D eigenvalue weighted by Crippen LogP contribution is 2.34. The van der Waals surface area contributed by atoms with Crippen LogP contribution in [0.5, 0.6) is 0 Å². The van der Waals surface area contributed by atoms with Gasteiger partial charge in [0, 0.05) is 19.3 Å². The number of hydrogen-bond donors (Lipinski definition) is 1. The van der Waals surface area contributed by atoms with Crippen molar-refractivity contribution in [1.29, 1.82) is 0 Å². The van der Waals surface area contributed by atoms with Crippen LogP contribution in [0.2, 0.25) is 0 Å². The molecule has 0 bridgehead atoms. The Morgan fingerprint density at radius 3 is 2.63 bits per heavy atom. The maximum absolute atomic E-state index is 6.58. The van der Waals surface area contributed by atoms with Crippen molar-refractivity contribution in [3.05, 3.63) is 47.5 Å². The van der Waals surface area contributed by atoms with Gasteiger partial charge in [0.1, 0.15) is 0 Å². The summed E-state index contributed by atoms with van der Waals surface area (Å²) in [6.07, 6.45) is 2.15. The molecule has 1 atom stereocenters. The molecular weight excluding hydrogens is 234 g/mol. The van der Waals surface area contributed by atoms with Crippen molar-refractivity contribution >= 4 is 10.8 Å². The van der Waals surface area contributed by atoms with Gasteiger partial charge < -0.3 is 10.5 Å². The van der Waals surface area contributed by atoms with Crippen LogP contribution in [0.25, 0.3) is 10.8 Å². The summed E-state index contributed by atoms with van der Waals surface area (Å²) in [6.45, 7) is 3.87. The Kier molecular flexibility index (Phi) is 3.54. The largest absolute Gasteiger partial charge is 0.381 e. The van der Waals surface area contributed by atoms with Crippen LogP contribution in [-0.2, 0) is 4.74 Å². The molecule has 0 radical (unpaired) electrons. The van der Waals surface area contributed by atoms with Gasteiger partial charge >= 0.3 is 0 Å². The van der Waals surface area contributed by atoms with Crippen LogP contribution in [0.4, 0.5) is 0 Å². The normalized spacial score (nSPS) is 18.6. The Morgan fingerprint density at radius 1 is 1.11 bits per heavy atom. The lowest BCUT2D eigenvalue weighted by molar-refractivity contribution is 0.0584. The van der Waals surface area contributed by atoms with Crippen LogP contribution in [0.15, 0.2) is 36.4 Å². The third-order valence-corrected chi connectivity index (χ3v) is 4.30. The van der Waals surface area contributed by atoms with E-state index in [1.807, 2.05) is 0 Å². The summed E-state index contributed by atoms with van der Waals surface area (Å²) >= 11 is 0. The predicted octanol–water partition coefficient (Wildman–Crippen LogP) is 3.57. The zero-order valence-electron chi connectivity index (χ0n) is 11.4. The molecule has 1 fully saturated rings. The monoisotopic (exact) mass is 255 g/mol. The van der Waals surface area contributed by atoms with Gasteiger partial charge in [-0.05, 0) is 47.6 Å². The molecule has 2 heteroatoms. The molecule has 0 saturated carbocycles. The molecular formula is C17H21NO. The number of hydrogen-bond acceptors (Lipinski definition) is 2. The Morgan fingerprint density at radius 2 is 1.84 bits per heavy atom. The first-order chi connectivity index (χ1) is 9.27. The number of benzene rings is 2. The summed E-state index contributed by atoms with van der Waals surface area (Å²) in [7, 11) is 0. The Hall–Kier alpha value is -1.38. The second kappa shape index (κ2) is 5.32. The minimum Gasteiger partial charge on any atom is -0.381 e. The van der Waals surface area contributed by atoms with Crippen molar-refractivity contribution in [2.75, 3.05) is 13.2 Å². The minimum atomic E-state index is 0.120. The maximum Gasteiger partial charge on any atom is 0.0469 e. The lowest BCUT2D eigenvalue weighted by atomic mass is 9.83. The molecule has 1 heterocycles. The van der Waals surface area contributed by atoms with Crippen molar-refractivity contribution in [2.45, 2.75) is 25.8 Å². The van der Waals surface area contributed by atoms with Gasteiger partial charge in [0.15, 0.2) is 0 Å². The van der Waals surface area contributed by atoms with Crippen molar-refractivity contribution in [3.8, 4) is 0 Å². The van der Waals surface area contributed by atoms with E-state index in [4.69, 9.17) is 10.5 Å². The van der Waals surface area contributed by atoms with E-state index in [-0.39, 0.29) is 6.04 Å². The summed E-state index contributed by atoms with van der Waals surface area (Å²) in [6, 6.07) is 13.0. The van der Waals surface area contributed by atoms with Crippen molar-refractivity contribution < 1.29 is 4.74 Å². The Labute approximate surface area is 114 Å². The van der Waals surface area contributed by atoms with Gasteiger partial charge in [-0.2, -0.15) is 0 Å². The van der Waals surface area contributed by atoms with Crippen molar-refractivity contribution in [3.63, 3.8) is 0 Å². The van der Waals surface area contributed by atoms with Crippen LogP contribution in [-0.4, -0.2) is 13.2 Å². The third kappa shape index (κ3) is 2.38. The standard InChI is InChI=1S/C17H21NO/c1-12-6-7-13-4-2-3-5-15(13)16(12)17(18)14-8-10-19-11-9-14/h2-7,14,17H,8-11,18H2,1H3. The molecule has 2 aromatic carbocycles. The molecule has 0 amide bonds. The highest BCUT2D eigenvalue weighted by Gasteiger charge is 2.24. The van der Waals surface area contributed by atoms with Crippen LogP contribution in [0, 0.1) is 12.8 Å². The number of fused-ring (bicyclic) bond motifs is 1. The molecule has 19 heavy (non-hydrogen) atoms. The van der Waals surface area contributed by atoms with E-state index in [1.165, 1.54) is 21.9 Å². The summed E-state index contributed by atoms with van der Waals surface area (Å²) < 4.78 is 5.45. The summed E-state index contributed by atoms with van der Waals surface area (Å²) in [5.74, 6) is 0.540. The first-order valence-electron chi connectivity index (χ1n) is 7.09. The lowest BCUT2D eigenvalue weighted by Crippen LogP contribution is -2.28. The van der Waals surface area contributed by atoms with Crippen LogP contribution >= 0.6 is 0 Å². The van der Waals surface area contributed by atoms with E-state index >= 15 is 0 Å². The average molecular weight is 255 g/mol. The van der Waals surface area contributed by atoms with E-state index in [0.29, 0.717) is 5.92 Å². The molecule has 1 saturated heterocycles. The van der Waals surface area contributed by atoms with E-state index in [2.05, 4.69) is 43.3 Å². The van der Waals surface area contributed by atoms with Gasteiger partial charge in [0.25, 0.3) is 0 Å². The highest BCUT2D eigenvalue weighted by molar-refractivity contribution is 5.87. The summed E-state index contributed by atoms with van der Waals surface area (Å²) in [5, 5.41) is 2.59. The fraction of sp³-hybridized carbons (Fsp3) is 0.412. The zero-order chi connectivity index (χ0) is 13.2. The van der Waals surface area contributed by atoms with Crippen LogP contribution in [0.3, 0.4) is 0 Å². The molecule has 0 spiro atoms. The first kappa shape index (κ1) is 12.6. The molecule has 2 N–H and O–H groups in total. The minimum absolute atomic E-state index is 0.120. The van der Waals surface area contributed by atoms with E-state index in [1.54, 1.807) is 0 Å². The van der Waals surface area contributed by atoms with Gasteiger partial charge in [-0.3, -0.25) is 0 Å². The fourth-order valence-corrected chi connectivity index (χ4v) is 3.16. The molecule has 1 unspecified atom stereocenters. The highest BCUT2D eigenvalue weighted by atomic mass is 16.5. The number of aryl methyl sites for hydroxylation is 1.